The molecular weight excluding hydrogens is 478 g/mol. The Morgan fingerprint density at radius 1 is 1.22 bits per heavy atom. The first-order valence-electron chi connectivity index (χ1n) is 12.2. The number of hydrogen-bond donors (Lipinski definition) is 1. The molecule has 0 spiro atoms. The second-order valence-electron chi connectivity index (χ2n) is 9.27. The highest BCUT2D eigenvalue weighted by Gasteiger charge is 2.30. The number of halogens is 2. The summed E-state index contributed by atoms with van der Waals surface area (Å²) < 4.78 is 36.3. The Bertz CT molecular complexity index is 1420. The van der Waals surface area contributed by atoms with Crippen LogP contribution in [0.25, 0.3) is 16.7 Å². The van der Waals surface area contributed by atoms with Crippen molar-refractivity contribution in [3.63, 3.8) is 0 Å². The SMILES string of the molecule is CC1=C(c2cc(O[C@H](C)c3ccccn3)c3c(c2)ncn3C(F)F)N=N/[N+]1=C/C1CCC(NC#N)CC1. The fraction of sp³-hybridized carbons (Fsp3) is 0.385. The van der Waals surface area contributed by atoms with Crippen LogP contribution in [0.5, 0.6) is 5.75 Å². The van der Waals surface area contributed by atoms with Crippen LogP contribution in [-0.2, 0) is 0 Å². The fourth-order valence-corrected chi connectivity index (χ4v) is 4.83. The predicted octanol–water partition coefficient (Wildman–Crippen LogP) is 5.75. The van der Waals surface area contributed by atoms with Crippen LogP contribution in [-0.4, -0.2) is 31.5 Å². The van der Waals surface area contributed by atoms with Crippen LogP contribution in [0.15, 0.2) is 58.9 Å². The van der Waals surface area contributed by atoms with Crippen molar-refractivity contribution in [1.82, 2.24) is 19.9 Å². The largest absolute Gasteiger partial charge is 0.482 e. The zero-order valence-corrected chi connectivity index (χ0v) is 20.6. The van der Waals surface area contributed by atoms with Crippen LogP contribution in [0.4, 0.5) is 8.78 Å². The van der Waals surface area contributed by atoms with E-state index < -0.39 is 12.7 Å². The molecule has 3 heterocycles. The Balaban J connectivity index is 1.47. The van der Waals surface area contributed by atoms with Gasteiger partial charge in [-0.2, -0.15) is 14.0 Å². The standard InChI is InChI=1S/C26H27F2N8O/c1-16-24(33-34-36(16)13-18-6-8-20(9-7-18)31-14-29)19-11-22-25(35(15-32-22)26(27)28)23(12-19)37-17(2)21-5-3-4-10-30-21/h3-5,10-13,15,17-18,20,26,31H,6-9H2,1-2H3/q+1/b36-13+/t17-,18?,20?/m1/s1. The van der Waals surface area contributed by atoms with Gasteiger partial charge < -0.3 is 10.1 Å². The van der Waals surface area contributed by atoms with Crippen LogP contribution in [0.3, 0.4) is 0 Å². The monoisotopic (exact) mass is 505 g/mol. The van der Waals surface area contributed by atoms with E-state index in [-0.39, 0.29) is 17.3 Å². The molecule has 0 unspecified atom stereocenters. The third kappa shape index (κ3) is 5.05. The van der Waals surface area contributed by atoms with Crippen molar-refractivity contribution in [2.45, 2.75) is 58.2 Å². The van der Waals surface area contributed by atoms with E-state index in [9.17, 15) is 8.78 Å². The van der Waals surface area contributed by atoms with E-state index in [2.05, 4.69) is 31.8 Å². The number of alkyl halides is 2. The smallest absolute Gasteiger partial charge is 0.320 e. The minimum atomic E-state index is -2.76. The number of ether oxygens (including phenoxy) is 1. The molecule has 190 valence electrons. The average Bonchev–Trinajstić information content (AvgIpc) is 3.50. The highest BCUT2D eigenvalue weighted by molar-refractivity contribution is 5.87. The molecule has 0 amide bonds. The molecule has 11 heteroatoms. The molecule has 1 atom stereocenters. The van der Waals surface area contributed by atoms with Gasteiger partial charge in [0.2, 0.25) is 0 Å². The molecule has 1 N–H and O–H groups in total. The molecule has 3 aromatic rings. The van der Waals surface area contributed by atoms with Crippen molar-refractivity contribution in [1.29, 1.82) is 5.26 Å². The number of benzene rings is 1. The van der Waals surface area contributed by atoms with Crippen LogP contribution in [0.1, 0.15) is 63.4 Å². The molecule has 0 saturated heterocycles. The Morgan fingerprint density at radius 2 is 2.03 bits per heavy atom. The van der Waals surface area contributed by atoms with Gasteiger partial charge in [0.15, 0.2) is 11.9 Å². The zero-order chi connectivity index (χ0) is 25.9. The van der Waals surface area contributed by atoms with Crippen molar-refractivity contribution in [3.8, 4) is 11.9 Å². The summed E-state index contributed by atoms with van der Waals surface area (Å²) in [5.74, 6) is 0.594. The van der Waals surface area contributed by atoms with Gasteiger partial charge in [0, 0.05) is 30.6 Å². The number of nitrogens with one attached hydrogen (secondary N) is 1. The lowest BCUT2D eigenvalue weighted by Gasteiger charge is -2.24. The number of rotatable bonds is 7. The molecule has 1 aliphatic heterocycles. The van der Waals surface area contributed by atoms with Crippen LogP contribution < -0.4 is 10.1 Å². The van der Waals surface area contributed by atoms with Gasteiger partial charge in [-0.1, -0.05) is 6.07 Å². The molecule has 37 heavy (non-hydrogen) atoms. The molecule has 1 fully saturated rings. The van der Waals surface area contributed by atoms with Crippen LogP contribution in [0, 0.1) is 17.4 Å². The maximum absolute atomic E-state index is 13.8. The molecule has 1 aromatic carbocycles. The number of hydrogen-bond acceptors (Lipinski definition) is 7. The third-order valence-electron chi connectivity index (χ3n) is 6.85. The number of nitrogens with zero attached hydrogens (tertiary/aromatic N) is 7. The van der Waals surface area contributed by atoms with Gasteiger partial charge in [0.05, 0.1) is 16.3 Å². The summed E-state index contributed by atoms with van der Waals surface area (Å²) in [5.41, 5.74) is 3.39. The topological polar surface area (TPSA) is 103 Å². The lowest BCUT2D eigenvalue weighted by Crippen LogP contribution is -2.30. The molecule has 1 saturated carbocycles. The van der Waals surface area contributed by atoms with Gasteiger partial charge in [-0.3, -0.25) is 9.55 Å². The van der Waals surface area contributed by atoms with E-state index in [1.165, 1.54) is 0 Å². The normalized spacial score (nSPS) is 21.6. The van der Waals surface area contributed by atoms with Gasteiger partial charge >= 0.3 is 6.55 Å². The fourth-order valence-electron chi connectivity index (χ4n) is 4.83. The van der Waals surface area contributed by atoms with Crippen LogP contribution >= 0.6 is 0 Å². The Labute approximate surface area is 212 Å². The zero-order valence-electron chi connectivity index (χ0n) is 20.6. The number of aromatic nitrogens is 3. The minimum Gasteiger partial charge on any atom is -0.482 e. The third-order valence-corrected chi connectivity index (χ3v) is 6.85. The maximum atomic E-state index is 13.8. The molecule has 1 aliphatic carbocycles. The van der Waals surface area contributed by atoms with Gasteiger partial charge in [0.25, 0.3) is 5.70 Å². The molecule has 0 radical (unpaired) electrons. The number of pyridine rings is 1. The number of imidazole rings is 1. The van der Waals surface area contributed by atoms with E-state index in [0.29, 0.717) is 28.4 Å². The van der Waals surface area contributed by atoms with Crippen molar-refractivity contribution in [2.75, 3.05) is 0 Å². The summed E-state index contributed by atoms with van der Waals surface area (Å²) >= 11 is 0. The molecule has 5 rings (SSSR count). The lowest BCUT2D eigenvalue weighted by molar-refractivity contribution is -0.480. The Morgan fingerprint density at radius 3 is 2.73 bits per heavy atom. The maximum Gasteiger partial charge on any atom is 0.320 e. The van der Waals surface area contributed by atoms with Gasteiger partial charge in [-0.05, 0) is 56.9 Å². The van der Waals surface area contributed by atoms with E-state index in [4.69, 9.17) is 10.00 Å². The summed E-state index contributed by atoms with van der Waals surface area (Å²) in [4.78, 5) is 8.54. The van der Waals surface area contributed by atoms with E-state index in [1.807, 2.05) is 32.2 Å². The quantitative estimate of drug-likeness (QED) is 0.250. The summed E-state index contributed by atoms with van der Waals surface area (Å²) in [7, 11) is 0. The minimum absolute atomic E-state index is 0.209. The Hall–Kier alpha value is -4.20. The summed E-state index contributed by atoms with van der Waals surface area (Å²) in [6.07, 6.45) is 10.2. The summed E-state index contributed by atoms with van der Waals surface area (Å²) in [5, 5.41) is 20.4. The lowest BCUT2D eigenvalue weighted by atomic mass is 9.87. The summed E-state index contributed by atoms with van der Waals surface area (Å²) in [6, 6.07) is 9.15. The number of allylic oxidation sites excluding steroid dienone is 1. The van der Waals surface area contributed by atoms with Crippen LogP contribution in [0.2, 0.25) is 0 Å². The first kappa shape index (κ1) is 24.5. The average molecular weight is 506 g/mol. The highest BCUT2D eigenvalue weighted by atomic mass is 19.3. The van der Waals surface area contributed by atoms with Crippen molar-refractivity contribution < 1.29 is 18.2 Å². The molecule has 0 bridgehead atoms. The van der Waals surface area contributed by atoms with E-state index in [0.717, 1.165) is 42.3 Å². The first-order valence-corrected chi connectivity index (χ1v) is 12.2. The molecule has 2 aromatic heterocycles. The highest BCUT2D eigenvalue weighted by Crippen LogP contribution is 2.37. The van der Waals surface area contributed by atoms with Crippen molar-refractivity contribution in [2.24, 2.45) is 16.3 Å². The molecular formula is C26H27F2N8O+. The van der Waals surface area contributed by atoms with E-state index in [1.54, 1.807) is 29.1 Å². The van der Waals surface area contributed by atoms with Crippen molar-refractivity contribution >= 4 is 22.9 Å². The summed E-state index contributed by atoms with van der Waals surface area (Å²) in [6.45, 7) is 0.980. The molecule has 9 nitrogen and oxygen atoms in total. The van der Waals surface area contributed by atoms with Gasteiger partial charge in [0.1, 0.15) is 35.1 Å². The second kappa shape index (κ2) is 10.4. The van der Waals surface area contributed by atoms with E-state index >= 15 is 0 Å². The first-order chi connectivity index (χ1) is 17.9. The Kier molecular flexibility index (Phi) is 6.90. The van der Waals surface area contributed by atoms with Gasteiger partial charge in [-0.25, -0.2) is 4.98 Å². The predicted molar refractivity (Wildman–Crippen MR) is 133 cm³/mol. The second-order valence-corrected chi connectivity index (χ2v) is 9.27. The van der Waals surface area contributed by atoms with Gasteiger partial charge in [-0.15, -0.1) is 4.68 Å². The van der Waals surface area contributed by atoms with Crippen molar-refractivity contribution in [3.05, 3.63) is 59.8 Å². The number of fused-ring (bicyclic) bond motifs is 1. The number of nitriles is 1. The molecule has 2 aliphatic rings.